The fourth-order valence-electron chi connectivity index (χ4n) is 3.36. The lowest BCUT2D eigenvalue weighted by Crippen LogP contribution is -2.32. The summed E-state index contributed by atoms with van der Waals surface area (Å²) >= 11 is 2.05. The smallest absolute Gasteiger partial charge is 0.329 e. The Balaban J connectivity index is 1.56. The van der Waals surface area contributed by atoms with E-state index in [9.17, 15) is 14.4 Å². The van der Waals surface area contributed by atoms with Gasteiger partial charge in [-0.3, -0.25) is 14.4 Å². The van der Waals surface area contributed by atoms with Crippen LogP contribution in [0, 0.1) is 17.4 Å². The van der Waals surface area contributed by atoms with Crippen molar-refractivity contribution >= 4 is 57.9 Å². The number of aryl methyl sites for hydroxylation is 1. The van der Waals surface area contributed by atoms with Crippen LogP contribution in [0.2, 0.25) is 0 Å². The molecular weight excluding hydrogens is 627 g/mol. The highest BCUT2D eigenvalue weighted by atomic mass is 127. The Labute approximate surface area is 245 Å². The molecule has 3 amide bonds. The summed E-state index contributed by atoms with van der Waals surface area (Å²) in [7, 11) is 1.47. The standard InChI is InChI=1S/C29H29IN4O6/c1-5-13-39-22-11-9-21(10-12-22)32-28(36)29(37)34-31-16-20-14-23(30)27(25(15-20)38-4)40-17-26(35)33-24-8-6-7-18(2)19(24)3/h5-12,14-16H,1,13,17H2,2-4H3,(H,32,36)(H,33,35)(H,34,37)/b31-16-. The molecule has 0 fully saturated rings. The van der Waals surface area contributed by atoms with E-state index < -0.39 is 11.8 Å². The number of amides is 3. The van der Waals surface area contributed by atoms with Gasteiger partial charge in [-0.2, -0.15) is 5.10 Å². The number of methoxy groups -OCH3 is 1. The summed E-state index contributed by atoms with van der Waals surface area (Å²) in [5.74, 6) is -0.769. The molecular formula is C29H29IN4O6. The maximum Gasteiger partial charge on any atom is 0.329 e. The van der Waals surface area contributed by atoms with Gasteiger partial charge in [-0.15, -0.1) is 0 Å². The molecule has 3 N–H and O–H groups in total. The minimum absolute atomic E-state index is 0.219. The summed E-state index contributed by atoms with van der Waals surface area (Å²) in [6.07, 6.45) is 2.98. The molecule has 0 heterocycles. The van der Waals surface area contributed by atoms with Crippen molar-refractivity contribution in [1.82, 2.24) is 5.43 Å². The van der Waals surface area contributed by atoms with Gasteiger partial charge in [-0.25, -0.2) is 5.43 Å². The third-order valence-corrected chi connectivity index (χ3v) is 6.35. The lowest BCUT2D eigenvalue weighted by atomic mass is 10.1. The fraction of sp³-hybridized carbons (Fsp3) is 0.172. The van der Waals surface area contributed by atoms with Crippen LogP contribution in [-0.4, -0.2) is 44.3 Å². The highest BCUT2D eigenvalue weighted by Gasteiger charge is 2.15. The van der Waals surface area contributed by atoms with E-state index in [-0.39, 0.29) is 12.5 Å². The number of anilines is 2. The summed E-state index contributed by atoms with van der Waals surface area (Å²) in [6.45, 7) is 7.63. The van der Waals surface area contributed by atoms with E-state index in [1.807, 2.05) is 54.6 Å². The van der Waals surface area contributed by atoms with Crippen molar-refractivity contribution in [3.8, 4) is 17.2 Å². The molecule has 0 radical (unpaired) electrons. The second-order valence-electron chi connectivity index (χ2n) is 8.40. The molecule has 0 saturated heterocycles. The molecule has 0 spiro atoms. The average molecular weight is 656 g/mol. The van der Waals surface area contributed by atoms with Gasteiger partial charge in [-0.05, 0) is 95.6 Å². The number of rotatable bonds is 11. The summed E-state index contributed by atoms with van der Waals surface area (Å²) in [4.78, 5) is 36.8. The fourth-order valence-corrected chi connectivity index (χ4v) is 4.14. The number of hydrazone groups is 1. The zero-order chi connectivity index (χ0) is 29.1. The van der Waals surface area contributed by atoms with Crippen LogP contribution in [-0.2, 0) is 14.4 Å². The number of hydrogen-bond acceptors (Lipinski definition) is 7. The molecule has 208 valence electrons. The second-order valence-corrected chi connectivity index (χ2v) is 9.56. The Kier molecular flexibility index (Phi) is 11.1. The molecule has 0 aliphatic heterocycles. The number of carbonyl (C=O) groups excluding carboxylic acids is 3. The van der Waals surface area contributed by atoms with E-state index >= 15 is 0 Å². The molecule has 10 nitrogen and oxygen atoms in total. The maximum atomic E-state index is 12.5. The minimum atomic E-state index is -0.945. The first kappa shape index (κ1) is 30.2. The average Bonchev–Trinajstić information content (AvgIpc) is 2.94. The van der Waals surface area contributed by atoms with Crippen molar-refractivity contribution in [3.63, 3.8) is 0 Å². The molecule has 40 heavy (non-hydrogen) atoms. The summed E-state index contributed by atoms with van der Waals surface area (Å²) in [5, 5.41) is 9.19. The maximum absolute atomic E-state index is 12.5. The summed E-state index contributed by atoms with van der Waals surface area (Å²) < 4.78 is 17.2. The van der Waals surface area contributed by atoms with Crippen LogP contribution in [0.15, 0.2) is 72.4 Å². The summed E-state index contributed by atoms with van der Waals surface area (Å²) in [6, 6.07) is 15.6. The van der Waals surface area contributed by atoms with Gasteiger partial charge in [0.05, 0.1) is 16.9 Å². The number of nitrogens with zero attached hydrogens (tertiary/aromatic N) is 1. The van der Waals surface area contributed by atoms with E-state index in [0.29, 0.717) is 38.7 Å². The monoisotopic (exact) mass is 656 g/mol. The molecule has 3 aromatic rings. The lowest BCUT2D eigenvalue weighted by Gasteiger charge is -2.14. The van der Waals surface area contributed by atoms with Gasteiger partial charge >= 0.3 is 11.8 Å². The van der Waals surface area contributed by atoms with Gasteiger partial charge in [0.15, 0.2) is 18.1 Å². The summed E-state index contributed by atoms with van der Waals surface area (Å²) in [5.41, 5.74) is 5.97. The van der Waals surface area contributed by atoms with E-state index in [1.165, 1.54) is 13.3 Å². The van der Waals surface area contributed by atoms with Gasteiger partial charge in [0.25, 0.3) is 5.91 Å². The van der Waals surface area contributed by atoms with Gasteiger partial charge in [0, 0.05) is 11.4 Å². The molecule has 0 unspecified atom stereocenters. The van der Waals surface area contributed by atoms with Crippen molar-refractivity contribution in [2.24, 2.45) is 5.10 Å². The normalized spacial score (nSPS) is 10.5. The molecule has 0 aliphatic carbocycles. The van der Waals surface area contributed by atoms with Crippen LogP contribution in [0.1, 0.15) is 16.7 Å². The van der Waals surface area contributed by atoms with Crippen LogP contribution in [0.5, 0.6) is 17.2 Å². The van der Waals surface area contributed by atoms with Crippen LogP contribution >= 0.6 is 22.6 Å². The predicted molar refractivity (Wildman–Crippen MR) is 162 cm³/mol. The third kappa shape index (κ3) is 8.56. The van der Waals surface area contributed by atoms with Crippen molar-refractivity contribution in [2.45, 2.75) is 13.8 Å². The van der Waals surface area contributed by atoms with E-state index in [1.54, 1.807) is 42.5 Å². The Hall–Kier alpha value is -4.39. The zero-order valence-corrected chi connectivity index (χ0v) is 24.4. The first-order valence-electron chi connectivity index (χ1n) is 12.1. The highest BCUT2D eigenvalue weighted by Crippen LogP contribution is 2.33. The molecule has 3 aromatic carbocycles. The van der Waals surface area contributed by atoms with Crippen LogP contribution < -0.4 is 30.3 Å². The van der Waals surface area contributed by atoms with Crippen molar-refractivity contribution in [1.29, 1.82) is 0 Å². The first-order chi connectivity index (χ1) is 19.2. The quantitative estimate of drug-likeness (QED) is 0.0912. The van der Waals surface area contributed by atoms with E-state index in [2.05, 4.69) is 27.7 Å². The number of ether oxygens (including phenoxy) is 3. The molecule has 0 aromatic heterocycles. The predicted octanol–water partition coefficient (Wildman–Crippen LogP) is 4.59. The number of benzene rings is 3. The second kappa shape index (κ2) is 14.7. The largest absolute Gasteiger partial charge is 0.493 e. The number of hydrogen-bond donors (Lipinski definition) is 3. The van der Waals surface area contributed by atoms with Gasteiger partial charge in [-0.1, -0.05) is 24.8 Å². The minimum Gasteiger partial charge on any atom is -0.493 e. The van der Waals surface area contributed by atoms with E-state index in [4.69, 9.17) is 14.2 Å². The lowest BCUT2D eigenvalue weighted by molar-refractivity contribution is -0.136. The van der Waals surface area contributed by atoms with Crippen LogP contribution in [0.25, 0.3) is 0 Å². The number of nitrogens with one attached hydrogen (secondary N) is 3. The van der Waals surface area contributed by atoms with Gasteiger partial charge in [0.1, 0.15) is 12.4 Å². The van der Waals surface area contributed by atoms with E-state index in [0.717, 1.165) is 16.8 Å². The molecule has 0 bridgehead atoms. The Morgan fingerprint density at radius 1 is 1.00 bits per heavy atom. The van der Waals surface area contributed by atoms with Crippen LogP contribution in [0.3, 0.4) is 0 Å². The Morgan fingerprint density at radius 2 is 1.75 bits per heavy atom. The van der Waals surface area contributed by atoms with Crippen molar-refractivity contribution < 1.29 is 28.6 Å². The van der Waals surface area contributed by atoms with Crippen molar-refractivity contribution in [2.75, 3.05) is 31.0 Å². The van der Waals surface area contributed by atoms with Gasteiger partial charge in [0.2, 0.25) is 0 Å². The molecule has 0 atom stereocenters. The molecule has 3 rings (SSSR count). The zero-order valence-electron chi connectivity index (χ0n) is 22.2. The molecule has 0 aliphatic rings. The highest BCUT2D eigenvalue weighted by molar-refractivity contribution is 14.1. The third-order valence-electron chi connectivity index (χ3n) is 5.54. The molecule has 11 heteroatoms. The number of halogens is 1. The van der Waals surface area contributed by atoms with Crippen LogP contribution in [0.4, 0.5) is 11.4 Å². The Bertz CT molecular complexity index is 1420. The SMILES string of the molecule is C=CCOc1ccc(NC(=O)C(=O)N/N=C\c2cc(I)c(OCC(=O)Nc3cccc(C)c3C)c(OC)c2)cc1. The van der Waals surface area contributed by atoms with Gasteiger partial charge < -0.3 is 24.8 Å². The Morgan fingerprint density at radius 3 is 2.45 bits per heavy atom. The first-order valence-corrected chi connectivity index (χ1v) is 13.1. The number of carbonyl (C=O) groups is 3. The molecule has 0 saturated carbocycles. The van der Waals surface area contributed by atoms with Crippen molar-refractivity contribution in [3.05, 3.63) is 87.5 Å². The topological polar surface area (TPSA) is 127 Å².